The van der Waals surface area contributed by atoms with Crippen molar-refractivity contribution in [3.8, 4) is 5.75 Å². The van der Waals surface area contributed by atoms with E-state index >= 15 is 0 Å². The zero-order valence-electron chi connectivity index (χ0n) is 11.1. The second kappa shape index (κ2) is 6.53. The Labute approximate surface area is 129 Å². The van der Waals surface area contributed by atoms with Crippen LogP contribution in [0.25, 0.3) is 0 Å². The summed E-state index contributed by atoms with van der Waals surface area (Å²) >= 11 is 3.30. The maximum Gasteiger partial charge on any atom is 0.270 e. The summed E-state index contributed by atoms with van der Waals surface area (Å²) in [6.45, 7) is 0.438. The van der Waals surface area contributed by atoms with Crippen molar-refractivity contribution in [2.24, 2.45) is 0 Å². The number of hydrogen-bond donors (Lipinski definition) is 1. The molecule has 0 aliphatic rings. The van der Waals surface area contributed by atoms with Crippen LogP contribution in [0.1, 0.15) is 5.56 Å². The van der Waals surface area contributed by atoms with E-state index in [0.29, 0.717) is 16.7 Å². The molecular weight excluding hydrogens is 343 g/mol. The zero-order chi connectivity index (χ0) is 15.4. The van der Waals surface area contributed by atoms with E-state index in [1.165, 1.54) is 25.3 Å². The van der Waals surface area contributed by atoms with Crippen LogP contribution in [0.15, 0.2) is 40.9 Å². The SMILES string of the molecule is COc1cc(NCc2ccc([N+](=O)[O-])cc2Br)ccc1F. The molecule has 0 saturated carbocycles. The van der Waals surface area contributed by atoms with Gasteiger partial charge in [0.05, 0.1) is 12.0 Å². The summed E-state index contributed by atoms with van der Waals surface area (Å²) in [7, 11) is 1.40. The van der Waals surface area contributed by atoms with Crippen LogP contribution in [0, 0.1) is 15.9 Å². The van der Waals surface area contributed by atoms with E-state index in [4.69, 9.17) is 4.74 Å². The molecule has 2 rings (SSSR count). The van der Waals surface area contributed by atoms with Gasteiger partial charge < -0.3 is 10.1 Å². The van der Waals surface area contributed by atoms with Crippen molar-refractivity contribution in [1.82, 2.24) is 0 Å². The smallest absolute Gasteiger partial charge is 0.270 e. The highest BCUT2D eigenvalue weighted by molar-refractivity contribution is 9.10. The number of nitrogens with zero attached hydrogens (tertiary/aromatic N) is 1. The Balaban J connectivity index is 2.11. The number of methoxy groups -OCH3 is 1. The highest BCUT2D eigenvalue weighted by atomic mass is 79.9. The van der Waals surface area contributed by atoms with Gasteiger partial charge in [-0.1, -0.05) is 15.9 Å². The Morgan fingerprint density at radius 3 is 2.71 bits per heavy atom. The van der Waals surface area contributed by atoms with Gasteiger partial charge in [-0.25, -0.2) is 4.39 Å². The molecule has 110 valence electrons. The first kappa shape index (κ1) is 15.2. The van der Waals surface area contributed by atoms with E-state index in [0.717, 1.165) is 5.56 Å². The Morgan fingerprint density at radius 1 is 1.33 bits per heavy atom. The molecule has 7 heteroatoms. The fraction of sp³-hybridized carbons (Fsp3) is 0.143. The molecule has 5 nitrogen and oxygen atoms in total. The minimum absolute atomic E-state index is 0.0223. The zero-order valence-corrected chi connectivity index (χ0v) is 12.7. The highest BCUT2D eigenvalue weighted by Crippen LogP contribution is 2.25. The summed E-state index contributed by atoms with van der Waals surface area (Å²) in [6.07, 6.45) is 0. The average molecular weight is 355 g/mol. The lowest BCUT2D eigenvalue weighted by Crippen LogP contribution is -2.01. The molecule has 1 N–H and O–H groups in total. The number of ether oxygens (including phenoxy) is 1. The van der Waals surface area contributed by atoms with Gasteiger partial charge in [-0.3, -0.25) is 10.1 Å². The number of benzene rings is 2. The third kappa shape index (κ3) is 3.69. The van der Waals surface area contributed by atoms with Crippen molar-refractivity contribution in [2.75, 3.05) is 12.4 Å². The summed E-state index contributed by atoms with van der Waals surface area (Å²) in [5.41, 5.74) is 1.57. The number of hydrogen-bond acceptors (Lipinski definition) is 4. The predicted octanol–water partition coefficient (Wildman–Crippen LogP) is 4.12. The second-order valence-electron chi connectivity index (χ2n) is 4.24. The van der Waals surface area contributed by atoms with Gasteiger partial charge >= 0.3 is 0 Å². The molecular formula is C14H12BrFN2O3. The number of nitro groups is 1. The molecule has 0 amide bonds. The molecule has 0 saturated heterocycles. The van der Waals surface area contributed by atoms with E-state index < -0.39 is 10.7 Å². The summed E-state index contributed by atoms with van der Waals surface area (Å²) < 4.78 is 18.8. The minimum atomic E-state index is -0.452. The van der Waals surface area contributed by atoms with Crippen LogP contribution in [0.5, 0.6) is 5.75 Å². The van der Waals surface area contributed by atoms with Crippen molar-refractivity contribution in [1.29, 1.82) is 0 Å². The molecule has 0 heterocycles. The Kier molecular flexibility index (Phi) is 4.74. The number of non-ortho nitro benzene ring substituents is 1. The van der Waals surface area contributed by atoms with E-state index in [-0.39, 0.29) is 11.4 Å². The van der Waals surface area contributed by atoms with Crippen molar-refractivity contribution in [3.05, 3.63) is 62.4 Å². The van der Waals surface area contributed by atoms with Crippen LogP contribution in [0.3, 0.4) is 0 Å². The second-order valence-corrected chi connectivity index (χ2v) is 5.09. The van der Waals surface area contributed by atoms with Crippen LogP contribution in [0.4, 0.5) is 15.8 Å². The lowest BCUT2D eigenvalue weighted by molar-refractivity contribution is -0.384. The molecule has 2 aromatic carbocycles. The lowest BCUT2D eigenvalue weighted by atomic mass is 10.2. The van der Waals surface area contributed by atoms with Gasteiger partial charge in [0.1, 0.15) is 0 Å². The molecule has 0 radical (unpaired) electrons. The van der Waals surface area contributed by atoms with Gasteiger partial charge in [0.25, 0.3) is 5.69 Å². The summed E-state index contributed by atoms with van der Waals surface area (Å²) in [5, 5.41) is 13.8. The first-order chi connectivity index (χ1) is 10.0. The standard InChI is InChI=1S/C14H12BrFN2O3/c1-21-14-6-10(3-5-13(14)16)17-8-9-2-4-11(18(19)20)7-12(9)15/h2-7,17H,8H2,1H3. The molecule has 0 fully saturated rings. The first-order valence-corrected chi connectivity index (χ1v) is 6.81. The first-order valence-electron chi connectivity index (χ1n) is 6.01. The highest BCUT2D eigenvalue weighted by Gasteiger charge is 2.09. The van der Waals surface area contributed by atoms with Crippen LogP contribution in [-0.4, -0.2) is 12.0 Å². The largest absolute Gasteiger partial charge is 0.494 e. The molecule has 2 aromatic rings. The molecule has 0 aliphatic heterocycles. The molecule has 0 aromatic heterocycles. The quantitative estimate of drug-likeness (QED) is 0.647. The number of nitro benzene ring substituents is 1. The van der Waals surface area contributed by atoms with Crippen molar-refractivity contribution in [3.63, 3.8) is 0 Å². The van der Waals surface area contributed by atoms with Gasteiger partial charge in [-0.2, -0.15) is 0 Å². The monoisotopic (exact) mass is 354 g/mol. The summed E-state index contributed by atoms with van der Waals surface area (Å²) in [5.74, 6) is -0.276. The van der Waals surface area contributed by atoms with E-state index in [1.807, 2.05) is 0 Å². The topological polar surface area (TPSA) is 64.4 Å². The minimum Gasteiger partial charge on any atom is -0.494 e. The molecule has 21 heavy (non-hydrogen) atoms. The molecule has 0 unspecified atom stereocenters. The van der Waals surface area contributed by atoms with Crippen LogP contribution >= 0.6 is 15.9 Å². The van der Waals surface area contributed by atoms with E-state index in [1.54, 1.807) is 18.2 Å². The van der Waals surface area contributed by atoms with E-state index in [2.05, 4.69) is 21.2 Å². The van der Waals surface area contributed by atoms with Crippen molar-refractivity contribution in [2.45, 2.75) is 6.54 Å². The molecule has 0 aliphatic carbocycles. The van der Waals surface area contributed by atoms with Crippen LogP contribution in [0.2, 0.25) is 0 Å². The Morgan fingerprint density at radius 2 is 2.10 bits per heavy atom. The fourth-order valence-corrected chi connectivity index (χ4v) is 2.27. The van der Waals surface area contributed by atoms with Gasteiger partial charge in [-0.15, -0.1) is 0 Å². The fourth-order valence-electron chi connectivity index (χ4n) is 1.76. The number of anilines is 1. The Hall–Kier alpha value is -2.15. The molecule has 0 atom stereocenters. The van der Waals surface area contributed by atoms with Gasteiger partial charge in [0.15, 0.2) is 11.6 Å². The molecule has 0 bridgehead atoms. The van der Waals surface area contributed by atoms with Crippen molar-refractivity contribution < 1.29 is 14.1 Å². The summed E-state index contributed by atoms with van der Waals surface area (Å²) in [6, 6.07) is 9.00. The third-order valence-electron chi connectivity index (χ3n) is 2.88. The lowest BCUT2D eigenvalue weighted by Gasteiger charge is -2.10. The van der Waals surface area contributed by atoms with Gasteiger partial charge in [0, 0.05) is 34.9 Å². The van der Waals surface area contributed by atoms with Crippen molar-refractivity contribution >= 4 is 27.3 Å². The predicted molar refractivity (Wildman–Crippen MR) is 81.1 cm³/mol. The average Bonchev–Trinajstić information content (AvgIpc) is 2.47. The van der Waals surface area contributed by atoms with Gasteiger partial charge in [-0.05, 0) is 23.8 Å². The summed E-state index contributed by atoms with van der Waals surface area (Å²) in [4.78, 5) is 10.2. The van der Waals surface area contributed by atoms with Gasteiger partial charge in [0.2, 0.25) is 0 Å². The number of halogens is 2. The Bertz CT molecular complexity index is 679. The maximum absolute atomic E-state index is 13.3. The normalized spacial score (nSPS) is 10.2. The van der Waals surface area contributed by atoms with Crippen LogP contribution in [-0.2, 0) is 6.54 Å². The number of rotatable bonds is 5. The van der Waals surface area contributed by atoms with E-state index in [9.17, 15) is 14.5 Å². The third-order valence-corrected chi connectivity index (χ3v) is 3.62. The number of nitrogens with one attached hydrogen (secondary N) is 1. The molecule has 0 spiro atoms. The van der Waals surface area contributed by atoms with Crippen LogP contribution < -0.4 is 10.1 Å². The maximum atomic E-state index is 13.3.